The molecule has 0 bridgehead atoms. The molecule has 0 spiro atoms. The van der Waals surface area contributed by atoms with E-state index < -0.39 is 18.0 Å². The number of halogens is 1. The van der Waals surface area contributed by atoms with Crippen LogP contribution in [0, 0.1) is 0 Å². The van der Waals surface area contributed by atoms with Gasteiger partial charge in [-0.3, -0.25) is 19.3 Å². The van der Waals surface area contributed by atoms with E-state index in [4.69, 9.17) is 16.3 Å². The summed E-state index contributed by atoms with van der Waals surface area (Å²) in [6.45, 7) is 1.37. The van der Waals surface area contributed by atoms with Gasteiger partial charge in [0, 0.05) is 5.02 Å². The number of carbonyl (C=O) groups excluding carboxylic acids is 3. The Morgan fingerprint density at radius 2 is 1.88 bits per heavy atom. The molecule has 3 rings (SSSR count). The maximum atomic E-state index is 12.7. The van der Waals surface area contributed by atoms with E-state index in [0.717, 1.165) is 0 Å². The molecule has 0 aliphatic carbocycles. The summed E-state index contributed by atoms with van der Waals surface area (Å²) in [5, 5.41) is 3.17. The summed E-state index contributed by atoms with van der Waals surface area (Å²) < 4.78 is 5.25. The number of rotatable bonds is 4. The highest BCUT2D eigenvalue weighted by Crippen LogP contribution is 2.29. The summed E-state index contributed by atoms with van der Waals surface area (Å²) in [6.07, 6.45) is -1.06. The van der Waals surface area contributed by atoms with Gasteiger partial charge in [0.1, 0.15) is 6.54 Å². The number of benzene rings is 2. The Morgan fingerprint density at radius 1 is 1.19 bits per heavy atom. The van der Waals surface area contributed by atoms with Gasteiger partial charge in [-0.1, -0.05) is 41.9 Å². The molecular formula is C19H17ClN2O4. The fourth-order valence-corrected chi connectivity index (χ4v) is 2.94. The Bertz CT molecular complexity index is 868. The van der Waals surface area contributed by atoms with Crippen molar-refractivity contribution < 1.29 is 19.1 Å². The van der Waals surface area contributed by atoms with E-state index >= 15 is 0 Å². The monoisotopic (exact) mass is 372 g/mol. The maximum Gasteiger partial charge on any atom is 0.311 e. The van der Waals surface area contributed by atoms with Crippen molar-refractivity contribution in [1.29, 1.82) is 0 Å². The number of anilines is 2. The number of nitrogens with zero attached hydrogens (tertiary/aromatic N) is 1. The molecule has 1 heterocycles. The summed E-state index contributed by atoms with van der Waals surface area (Å²) in [4.78, 5) is 38.0. The number of fused-ring (bicyclic) bond motifs is 1. The van der Waals surface area contributed by atoms with Gasteiger partial charge >= 0.3 is 5.97 Å². The molecular weight excluding hydrogens is 356 g/mol. The molecule has 2 amide bonds. The van der Waals surface area contributed by atoms with Crippen LogP contribution in [-0.4, -0.2) is 30.4 Å². The van der Waals surface area contributed by atoms with Crippen molar-refractivity contribution in [1.82, 2.24) is 0 Å². The number of esters is 1. The topological polar surface area (TPSA) is 75.7 Å². The summed E-state index contributed by atoms with van der Waals surface area (Å²) in [5.41, 5.74) is 1.75. The molecule has 0 fully saturated rings. The van der Waals surface area contributed by atoms with Gasteiger partial charge in [-0.05, 0) is 30.7 Å². The normalized spacial score (nSPS) is 14.2. The van der Waals surface area contributed by atoms with Gasteiger partial charge in [-0.25, -0.2) is 0 Å². The van der Waals surface area contributed by atoms with E-state index in [2.05, 4.69) is 5.32 Å². The van der Waals surface area contributed by atoms with E-state index in [9.17, 15) is 14.4 Å². The summed E-state index contributed by atoms with van der Waals surface area (Å²) in [7, 11) is 0. The third kappa shape index (κ3) is 3.86. The third-order valence-electron chi connectivity index (χ3n) is 3.99. The average molecular weight is 373 g/mol. The van der Waals surface area contributed by atoms with E-state index in [0.29, 0.717) is 22.0 Å². The van der Waals surface area contributed by atoms with Crippen LogP contribution < -0.4 is 10.2 Å². The molecule has 134 valence electrons. The van der Waals surface area contributed by atoms with Crippen molar-refractivity contribution in [2.75, 3.05) is 16.8 Å². The van der Waals surface area contributed by atoms with Crippen LogP contribution in [0.2, 0.25) is 5.02 Å². The zero-order chi connectivity index (χ0) is 18.7. The molecule has 26 heavy (non-hydrogen) atoms. The van der Waals surface area contributed by atoms with Crippen LogP contribution in [-0.2, 0) is 25.5 Å². The molecule has 1 atom stereocenters. The van der Waals surface area contributed by atoms with Crippen LogP contribution in [0.5, 0.6) is 0 Å². The molecule has 6 nitrogen and oxygen atoms in total. The SMILES string of the molecule is C[C@H](OC(=O)Cc1ccccc1Cl)C(=O)N1CC(=O)Nc2ccccc21. The highest BCUT2D eigenvalue weighted by molar-refractivity contribution is 6.31. The number of amides is 2. The van der Waals surface area contributed by atoms with Gasteiger partial charge in [0.15, 0.2) is 6.10 Å². The summed E-state index contributed by atoms with van der Waals surface area (Å²) >= 11 is 6.03. The first-order chi connectivity index (χ1) is 12.5. The van der Waals surface area contributed by atoms with Crippen molar-refractivity contribution in [3.05, 3.63) is 59.1 Å². The largest absolute Gasteiger partial charge is 0.452 e. The number of carbonyl (C=O) groups is 3. The fraction of sp³-hybridized carbons (Fsp3) is 0.211. The van der Waals surface area contributed by atoms with Crippen molar-refractivity contribution in [2.24, 2.45) is 0 Å². The van der Waals surface area contributed by atoms with Gasteiger partial charge in [0.2, 0.25) is 5.91 Å². The molecule has 7 heteroatoms. The van der Waals surface area contributed by atoms with Crippen LogP contribution in [0.25, 0.3) is 0 Å². The standard InChI is InChI=1S/C19H17ClN2O4/c1-12(26-18(24)10-13-6-2-3-7-14(13)20)19(25)22-11-17(23)21-15-8-4-5-9-16(15)22/h2-9,12H,10-11H2,1H3,(H,21,23)/t12-/m0/s1. The Kier molecular flexibility index (Phi) is 5.23. The van der Waals surface area contributed by atoms with Crippen molar-refractivity contribution in [3.63, 3.8) is 0 Å². The number of hydrogen-bond acceptors (Lipinski definition) is 4. The molecule has 1 aliphatic heterocycles. The lowest BCUT2D eigenvalue weighted by molar-refractivity contribution is -0.153. The lowest BCUT2D eigenvalue weighted by Crippen LogP contribution is -2.47. The number of para-hydroxylation sites is 2. The predicted octanol–water partition coefficient (Wildman–Crippen LogP) is 2.80. The summed E-state index contributed by atoms with van der Waals surface area (Å²) in [5.74, 6) is -1.32. The molecule has 2 aromatic carbocycles. The van der Waals surface area contributed by atoms with E-state index in [1.54, 1.807) is 48.5 Å². The van der Waals surface area contributed by atoms with Crippen LogP contribution in [0.3, 0.4) is 0 Å². The van der Waals surface area contributed by atoms with Gasteiger partial charge in [0.05, 0.1) is 17.8 Å². The first-order valence-corrected chi connectivity index (χ1v) is 8.46. The minimum atomic E-state index is -1.02. The third-order valence-corrected chi connectivity index (χ3v) is 4.35. The molecule has 0 saturated heterocycles. The van der Waals surface area contributed by atoms with Crippen LogP contribution >= 0.6 is 11.6 Å². The van der Waals surface area contributed by atoms with E-state index in [1.165, 1.54) is 11.8 Å². The Balaban J connectivity index is 1.69. The zero-order valence-corrected chi connectivity index (χ0v) is 14.8. The maximum absolute atomic E-state index is 12.7. The van der Waals surface area contributed by atoms with Crippen molar-refractivity contribution in [2.45, 2.75) is 19.4 Å². The van der Waals surface area contributed by atoms with Crippen LogP contribution in [0.1, 0.15) is 12.5 Å². The number of hydrogen-bond donors (Lipinski definition) is 1. The molecule has 1 aliphatic rings. The van der Waals surface area contributed by atoms with Gasteiger partial charge in [-0.15, -0.1) is 0 Å². The molecule has 1 N–H and O–H groups in total. The van der Waals surface area contributed by atoms with Gasteiger partial charge in [0.25, 0.3) is 5.91 Å². The number of ether oxygens (including phenoxy) is 1. The first-order valence-electron chi connectivity index (χ1n) is 8.09. The van der Waals surface area contributed by atoms with Crippen molar-refractivity contribution in [3.8, 4) is 0 Å². The Morgan fingerprint density at radius 3 is 2.65 bits per heavy atom. The zero-order valence-electron chi connectivity index (χ0n) is 14.1. The Hall–Kier alpha value is -2.86. The highest BCUT2D eigenvalue weighted by atomic mass is 35.5. The van der Waals surface area contributed by atoms with Gasteiger partial charge < -0.3 is 10.1 Å². The van der Waals surface area contributed by atoms with Crippen molar-refractivity contribution >= 4 is 40.8 Å². The predicted molar refractivity (Wildman–Crippen MR) is 98.1 cm³/mol. The molecule has 0 unspecified atom stereocenters. The molecule has 0 radical (unpaired) electrons. The molecule has 2 aromatic rings. The van der Waals surface area contributed by atoms with Crippen LogP contribution in [0.15, 0.2) is 48.5 Å². The minimum absolute atomic E-state index is 0.0334. The second-order valence-corrected chi connectivity index (χ2v) is 6.30. The lowest BCUT2D eigenvalue weighted by Gasteiger charge is -2.30. The fourth-order valence-electron chi connectivity index (χ4n) is 2.74. The highest BCUT2D eigenvalue weighted by Gasteiger charge is 2.31. The van der Waals surface area contributed by atoms with Crippen LogP contribution in [0.4, 0.5) is 11.4 Å². The van der Waals surface area contributed by atoms with Gasteiger partial charge in [-0.2, -0.15) is 0 Å². The number of nitrogens with one attached hydrogen (secondary N) is 1. The average Bonchev–Trinajstić information content (AvgIpc) is 2.62. The Labute approximate surface area is 155 Å². The molecule has 0 saturated carbocycles. The second-order valence-electron chi connectivity index (χ2n) is 5.89. The van der Waals surface area contributed by atoms with E-state index in [-0.39, 0.29) is 18.9 Å². The molecule has 0 aromatic heterocycles. The quantitative estimate of drug-likeness (QED) is 0.837. The second kappa shape index (κ2) is 7.58. The first kappa shape index (κ1) is 17.9. The lowest BCUT2D eigenvalue weighted by atomic mass is 10.1. The summed E-state index contributed by atoms with van der Waals surface area (Å²) in [6, 6.07) is 13.9. The smallest absolute Gasteiger partial charge is 0.311 e. The van der Waals surface area contributed by atoms with E-state index in [1.807, 2.05) is 0 Å². The minimum Gasteiger partial charge on any atom is -0.452 e.